The van der Waals surface area contributed by atoms with Gasteiger partial charge in [-0.25, -0.2) is 14.3 Å². The van der Waals surface area contributed by atoms with Crippen molar-refractivity contribution in [3.05, 3.63) is 93.4 Å². The minimum atomic E-state index is -0.385. The van der Waals surface area contributed by atoms with Crippen LogP contribution in [0.15, 0.2) is 76.6 Å². The molecule has 0 bridgehead atoms. The van der Waals surface area contributed by atoms with Gasteiger partial charge >= 0.3 is 5.69 Å². The standard InChI is InChI=1S/C21H20N4O2/c1-2-13-23-15-22-19-18(23)20(26)24(14-16-9-5-3-6-10-16)21(27)25(19)17-11-7-4-8-12-17/h3-12,15H,2,13-14H2,1H3. The van der Waals surface area contributed by atoms with Crippen molar-refractivity contribution in [3.63, 3.8) is 0 Å². The van der Waals surface area contributed by atoms with E-state index in [0.29, 0.717) is 23.4 Å². The Balaban J connectivity index is 2.04. The Bertz CT molecular complexity index is 1190. The van der Waals surface area contributed by atoms with Gasteiger partial charge in [0.1, 0.15) is 0 Å². The Morgan fingerprint density at radius 2 is 1.59 bits per heavy atom. The van der Waals surface area contributed by atoms with E-state index >= 15 is 0 Å². The molecule has 0 aliphatic heterocycles. The number of para-hydroxylation sites is 1. The maximum Gasteiger partial charge on any atom is 0.337 e. The second-order valence-corrected chi connectivity index (χ2v) is 6.44. The van der Waals surface area contributed by atoms with Crippen LogP contribution in [0, 0.1) is 0 Å². The molecule has 0 spiro atoms. The van der Waals surface area contributed by atoms with Gasteiger partial charge in [-0.05, 0) is 24.1 Å². The zero-order valence-corrected chi connectivity index (χ0v) is 15.1. The number of benzene rings is 2. The normalized spacial score (nSPS) is 11.1. The Morgan fingerprint density at radius 1 is 0.926 bits per heavy atom. The zero-order valence-electron chi connectivity index (χ0n) is 15.1. The number of aromatic nitrogens is 4. The lowest BCUT2D eigenvalue weighted by Gasteiger charge is -2.12. The van der Waals surface area contributed by atoms with Crippen molar-refractivity contribution in [1.29, 1.82) is 0 Å². The van der Waals surface area contributed by atoms with Crippen LogP contribution in [0.4, 0.5) is 0 Å². The molecule has 2 aromatic carbocycles. The van der Waals surface area contributed by atoms with Gasteiger partial charge in [0.2, 0.25) is 0 Å². The number of nitrogens with zero attached hydrogens (tertiary/aromatic N) is 4. The molecule has 4 aromatic rings. The quantitative estimate of drug-likeness (QED) is 0.550. The largest absolute Gasteiger partial charge is 0.337 e. The van der Waals surface area contributed by atoms with Gasteiger partial charge in [0.05, 0.1) is 18.6 Å². The van der Waals surface area contributed by atoms with E-state index in [1.54, 1.807) is 6.33 Å². The first-order valence-electron chi connectivity index (χ1n) is 9.00. The van der Waals surface area contributed by atoms with Crippen LogP contribution in [0.2, 0.25) is 0 Å². The van der Waals surface area contributed by atoms with Gasteiger partial charge in [-0.15, -0.1) is 0 Å². The Labute approximate surface area is 156 Å². The van der Waals surface area contributed by atoms with Crippen LogP contribution in [-0.2, 0) is 13.1 Å². The number of hydrogen-bond acceptors (Lipinski definition) is 3. The average Bonchev–Trinajstić information content (AvgIpc) is 3.11. The van der Waals surface area contributed by atoms with Crippen molar-refractivity contribution in [2.24, 2.45) is 0 Å². The van der Waals surface area contributed by atoms with Crippen molar-refractivity contribution >= 4 is 11.2 Å². The number of rotatable bonds is 5. The van der Waals surface area contributed by atoms with E-state index in [4.69, 9.17) is 0 Å². The summed E-state index contributed by atoms with van der Waals surface area (Å²) in [5.41, 5.74) is 1.75. The summed E-state index contributed by atoms with van der Waals surface area (Å²) in [5.74, 6) is 0. The van der Waals surface area contributed by atoms with E-state index in [0.717, 1.165) is 12.0 Å². The maximum absolute atomic E-state index is 13.3. The third-order valence-electron chi connectivity index (χ3n) is 4.56. The fraction of sp³-hybridized carbons (Fsp3) is 0.190. The third kappa shape index (κ3) is 2.99. The smallest absolute Gasteiger partial charge is 0.325 e. The summed E-state index contributed by atoms with van der Waals surface area (Å²) in [5, 5.41) is 0. The molecule has 0 aliphatic rings. The highest BCUT2D eigenvalue weighted by Crippen LogP contribution is 2.13. The van der Waals surface area contributed by atoms with E-state index in [1.165, 1.54) is 9.13 Å². The molecule has 0 saturated heterocycles. The average molecular weight is 360 g/mol. The van der Waals surface area contributed by atoms with E-state index in [2.05, 4.69) is 4.98 Å². The third-order valence-corrected chi connectivity index (χ3v) is 4.56. The van der Waals surface area contributed by atoms with Crippen molar-refractivity contribution in [3.8, 4) is 5.69 Å². The van der Waals surface area contributed by atoms with E-state index in [9.17, 15) is 9.59 Å². The topological polar surface area (TPSA) is 61.8 Å². The Hall–Kier alpha value is -3.41. The monoisotopic (exact) mass is 360 g/mol. The molecule has 0 saturated carbocycles. The molecule has 6 nitrogen and oxygen atoms in total. The molecule has 136 valence electrons. The minimum absolute atomic E-state index is 0.221. The molecule has 27 heavy (non-hydrogen) atoms. The van der Waals surface area contributed by atoms with Gasteiger partial charge in [0.15, 0.2) is 11.2 Å². The lowest BCUT2D eigenvalue weighted by Crippen LogP contribution is -2.40. The highest BCUT2D eigenvalue weighted by Gasteiger charge is 2.19. The molecule has 0 fully saturated rings. The molecule has 0 amide bonds. The van der Waals surface area contributed by atoms with Crippen LogP contribution in [0.25, 0.3) is 16.9 Å². The van der Waals surface area contributed by atoms with Gasteiger partial charge in [-0.1, -0.05) is 55.5 Å². The van der Waals surface area contributed by atoms with Gasteiger partial charge in [-0.3, -0.25) is 9.36 Å². The Kier molecular flexibility index (Phi) is 4.46. The fourth-order valence-electron chi connectivity index (χ4n) is 3.31. The zero-order chi connectivity index (χ0) is 18.8. The van der Waals surface area contributed by atoms with Gasteiger partial charge in [0, 0.05) is 6.54 Å². The van der Waals surface area contributed by atoms with Crippen LogP contribution in [0.3, 0.4) is 0 Å². The summed E-state index contributed by atoms with van der Waals surface area (Å²) in [6.45, 7) is 2.93. The SMILES string of the molecule is CCCn1cnc2c1c(=O)n(Cc1ccccc1)c(=O)n2-c1ccccc1. The summed E-state index contributed by atoms with van der Waals surface area (Å²) in [4.78, 5) is 30.8. The van der Waals surface area contributed by atoms with E-state index < -0.39 is 0 Å². The van der Waals surface area contributed by atoms with Gasteiger partial charge in [0.25, 0.3) is 5.56 Å². The molecule has 0 atom stereocenters. The second kappa shape index (κ2) is 7.07. The molecule has 4 rings (SSSR count). The van der Waals surface area contributed by atoms with Crippen LogP contribution in [-0.4, -0.2) is 18.7 Å². The first-order chi connectivity index (χ1) is 13.2. The highest BCUT2D eigenvalue weighted by atomic mass is 16.2. The molecule has 2 aromatic heterocycles. The number of fused-ring (bicyclic) bond motifs is 1. The molecule has 0 N–H and O–H groups in total. The Morgan fingerprint density at radius 3 is 2.26 bits per heavy atom. The van der Waals surface area contributed by atoms with Crippen LogP contribution >= 0.6 is 0 Å². The summed E-state index contributed by atoms with van der Waals surface area (Å²) < 4.78 is 4.64. The summed E-state index contributed by atoms with van der Waals surface area (Å²) in [6.07, 6.45) is 2.51. The molecule has 0 radical (unpaired) electrons. The molecule has 0 aliphatic carbocycles. The van der Waals surface area contributed by atoms with Crippen molar-refractivity contribution in [2.45, 2.75) is 26.4 Å². The second-order valence-electron chi connectivity index (χ2n) is 6.44. The van der Waals surface area contributed by atoms with Crippen LogP contribution in [0.5, 0.6) is 0 Å². The van der Waals surface area contributed by atoms with Gasteiger partial charge in [-0.2, -0.15) is 0 Å². The van der Waals surface area contributed by atoms with Crippen molar-refractivity contribution in [1.82, 2.24) is 18.7 Å². The van der Waals surface area contributed by atoms with Crippen LogP contribution < -0.4 is 11.2 Å². The highest BCUT2D eigenvalue weighted by molar-refractivity contribution is 5.72. The van der Waals surface area contributed by atoms with Gasteiger partial charge < -0.3 is 4.57 Å². The lowest BCUT2D eigenvalue weighted by molar-refractivity contribution is 0.662. The summed E-state index contributed by atoms with van der Waals surface area (Å²) >= 11 is 0. The first-order valence-corrected chi connectivity index (χ1v) is 9.00. The van der Waals surface area contributed by atoms with Crippen LogP contribution in [0.1, 0.15) is 18.9 Å². The molecular formula is C21H20N4O2. The maximum atomic E-state index is 13.3. The molecule has 0 unspecified atom stereocenters. The molecular weight excluding hydrogens is 340 g/mol. The minimum Gasteiger partial charge on any atom is -0.325 e. The van der Waals surface area contributed by atoms with Crippen molar-refractivity contribution in [2.75, 3.05) is 0 Å². The molecule has 6 heteroatoms. The summed E-state index contributed by atoms with van der Waals surface area (Å²) in [6, 6.07) is 18.8. The fourth-order valence-corrected chi connectivity index (χ4v) is 3.31. The first kappa shape index (κ1) is 17.0. The number of aryl methyl sites for hydroxylation is 1. The number of hydrogen-bond donors (Lipinski definition) is 0. The lowest BCUT2D eigenvalue weighted by atomic mass is 10.2. The predicted octanol–water partition coefficient (Wildman–Crippen LogP) is 2.81. The number of imidazole rings is 1. The van der Waals surface area contributed by atoms with Crippen molar-refractivity contribution < 1.29 is 0 Å². The van der Waals surface area contributed by atoms with E-state index in [1.807, 2.05) is 72.2 Å². The predicted molar refractivity (Wildman–Crippen MR) is 105 cm³/mol. The summed E-state index contributed by atoms with van der Waals surface area (Å²) in [7, 11) is 0. The van der Waals surface area contributed by atoms with E-state index in [-0.39, 0.29) is 17.8 Å². The molecule has 2 heterocycles.